The molecule has 1 saturated carbocycles. The Labute approximate surface area is 118 Å². The Balaban J connectivity index is 1.94. The molecule has 3 rings (SSSR count). The molecule has 0 bridgehead atoms. The summed E-state index contributed by atoms with van der Waals surface area (Å²) in [6, 6.07) is 5.38. The second-order valence-corrected chi connectivity index (χ2v) is 6.60. The van der Waals surface area contributed by atoms with E-state index in [1.807, 2.05) is 6.07 Å². The smallest absolute Gasteiger partial charge is 0.260 e. The number of imide groups is 1. The lowest BCUT2D eigenvalue weighted by Crippen LogP contribution is -2.39. The lowest BCUT2D eigenvalue weighted by Gasteiger charge is -2.24. The number of fused-ring (bicyclic) bond motifs is 1. The number of nitrogens with zero attached hydrogens (tertiary/aromatic N) is 1. The van der Waals surface area contributed by atoms with Crippen LogP contribution in [0.1, 0.15) is 47.9 Å². The van der Waals surface area contributed by atoms with E-state index in [1.165, 1.54) is 7.05 Å². The highest BCUT2D eigenvalue weighted by Gasteiger charge is 2.50. The Hall–Kier alpha value is -1.68. The summed E-state index contributed by atoms with van der Waals surface area (Å²) in [7, 11) is 1.50. The number of aliphatic hydroxyl groups is 1. The molecule has 2 aliphatic rings. The summed E-state index contributed by atoms with van der Waals surface area (Å²) in [6.45, 7) is 4.27. The summed E-state index contributed by atoms with van der Waals surface area (Å²) in [5.41, 5.74) is 2.24. The van der Waals surface area contributed by atoms with E-state index in [4.69, 9.17) is 0 Å². The van der Waals surface area contributed by atoms with Crippen LogP contribution in [-0.2, 0) is 11.2 Å². The van der Waals surface area contributed by atoms with Gasteiger partial charge in [-0.3, -0.25) is 14.5 Å². The van der Waals surface area contributed by atoms with Gasteiger partial charge in [0, 0.05) is 12.6 Å². The van der Waals surface area contributed by atoms with E-state index in [0.717, 1.165) is 22.4 Å². The monoisotopic (exact) mass is 273 g/mol. The van der Waals surface area contributed by atoms with Crippen molar-refractivity contribution in [3.05, 3.63) is 34.9 Å². The molecule has 1 fully saturated rings. The lowest BCUT2D eigenvalue weighted by molar-refractivity contribution is -0.127. The Morgan fingerprint density at radius 2 is 2.00 bits per heavy atom. The molecule has 1 aromatic rings. The SMILES string of the molecule is CN1C(=O)Cc2ccc(C(O)C3CC3(C)C)cc2C1=O. The first-order valence-corrected chi connectivity index (χ1v) is 6.93. The largest absolute Gasteiger partial charge is 0.388 e. The van der Waals surface area contributed by atoms with E-state index < -0.39 is 6.10 Å². The molecule has 20 heavy (non-hydrogen) atoms. The van der Waals surface area contributed by atoms with Gasteiger partial charge in [0.05, 0.1) is 12.5 Å². The average molecular weight is 273 g/mol. The van der Waals surface area contributed by atoms with Crippen LogP contribution in [0.5, 0.6) is 0 Å². The predicted octanol–water partition coefficient (Wildman–Crippen LogP) is 1.92. The summed E-state index contributed by atoms with van der Waals surface area (Å²) >= 11 is 0. The van der Waals surface area contributed by atoms with Crippen molar-refractivity contribution in [2.24, 2.45) is 11.3 Å². The zero-order valence-electron chi connectivity index (χ0n) is 12.0. The standard InChI is InChI=1S/C16H19NO3/c1-16(2)8-12(16)14(19)10-5-4-9-7-13(18)17(3)15(20)11(9)6-10/h4-6,12,14,19H,7-8H2,1-3H3. The van der Waals surface area contributed by atoms with Gasteiger partial charge in [-0.2, -0.15) is 0 Å². The van der Waals surface area contributed by atoms with Crippen LogP contribution in [0.4, 0.5) is 0 Å². The van der Waals surface area contributed by atoms with E-state index >= 15 is 0 Å². The minimum Gasteiger partial charge on any atom is -0.388 e. The van der Waals surface area contributed by atoms with Gasteiger partial charge in [-0.05, 0) is 34.9 Å². The first-order valence-electron chi connectivity index (χ1n) is 6.93. The number of amides is 2. The predicted molar refractivity (Wildman–Crippen MR) is 74.1 cm³/mol. The molecule has 1 aliphatic carbocycles. The molecule has 2 amide bonds. The fourth-order valence-electron chi connectivity index (χ4n) is 2.99. The minimum atomic E-state index is -0.536. The van der Waals surface area contributed by atoms with Crippen molar-refractivity contribution < 1.29 is 14.7 Å². The van der Waals surface area contributed by atoms with Crippen LogP contribution in [-0.4, -0.2) is 28.9 Å². The number of rotatable bonds is 2. The van der Waals surface area contributed by atoms with Crippen molar-refractivity contribution >= 4 is 11.8 Å². The molecule has 4 heteroatoms. The molecule has 106 valence electrons. The van der Waals surface area contributed by atoms with Crippen LogP contribution in [0.25, 0.3) is 0 Å². The number of hydrogen-bond donors (Lipinski definition) is 1. The molecule has 1 N–H and O–H groups in total. The van der Waals surface area contributed by atoms with Crippen molar-refractivity contribution in [2.45, 2.75) is 32.8 Å². The summed E-state index contributed by atoms with van der Waals surface area (Å²) in [4.78, 5) is 24.9. The maximum atomic E-state index is 12.1. The number of carbonyl (C=O) groups is 2. The molecular formula is C16H19NO3. The molecule has 1 heterocycles. The van der Waals surface area contributed by atoms with Crippen LogP contribution in [0.3, 0.4) is 0 Å². The van der Waals surface area contributed by atoms with Gasteiger partial charge in [-0.1, -0.05) is 26.0 Å². The number of benzene rings is 1. The third-order valence-corrected chi connectivity index (χ3v) is 4.70. The van der Waals surface area contributed by atoms with Crippen LogP contribution in [0, 0.1) is 11.3 Å². The third-order valence-electron chi connectivity index (χ3n) is 4.70. The average Bonchev–Trinajstić information content (AvgIpc) is 3.04. The second kappa shape index (κ2) is 4.16. The van der Waals surface area contributed by atoms with Crippen molar-refractivity contribution in [3.8, 4) is 0 Å². The van der Waals surface area contributed by atoms with E-state index in [1.54, 1.807) is 12.1 Å². The van der Waals surface area contributed by atoms with Gasteiger partial charge in [0.25, 0.3) is 5.91 Å². The Kier molecular flexibility index (Phi) is 2.77. The summed E-state index contributed by atoms with van der Waals surface area (Å²) in [5, 5.41) is 10.4. The van der Waals surface area contributed by atoms with Gasteiger partial charge < -0.3 is 5.11 Å². The van der Waals surface area contributed by atoms with Gasteiger partial charge in [-0.25, -0.2) is 0 Å². The minimum absolute atomic E-state index is 0.173. The van der Waals surface area contributed by atoms with E-state index in [0.29, 0.717) is 5.56 Å². The molecule has 1 aliphatic heterocycles. The molecule has 2 atom stereocenters. The van der Waals surface area contributed by atoms with Crippen LogP contribution in [0.15, 0.2) is 18.2 Å². The highest BCUT2D eigenvalue weighted by atomic mass is 16.3. The van der Waals surface area contributed by atoms with Crippen LogP contribution < -0.4 is 0 Å². The van der Waals surface area contributed by atoms with Gasteiger partial charge in [0.15, 0.2) is 0 Å². The Bertz CT molecular complexity index is 606. The second-order valence-electron chi connectivity index (χ2n) is 6.60. The van der Waals surface area contributed by atoms with Crippen molar-refractivity contribution in [2.75, 3.05) is 7.05 Å². The fourth-order valence-corrected chi connectivity index (χ4v) is 2.99. The van der Waals surface area contributed by atoms with E-state index in [-0.39, 0.29) is 29.6 Å². The first-order chi connectivity index (χ1) is 9.31. The summed E-state index contributed by atoms with van der Waals surface area (Å²) in [5.74, 6) is -0.210. The van der Waals surface area contributed by atoms with Crippen molar-refractivity contribution in [3.63, 3.8) is 0 Å². The number of carbonyl (C=O) groups excluding carboxylic acids is 2. The number of aliphatic hydroxyl groups excluding tert-OH is 1. The quantitative estimate of drug-likeness (QED) is 0.838. The first kappa shape index (κ1) is 13.3. The molecule has 4 nitrogen and oxygen atoms in total. The van der Waals surface area contributed by atoms with Crippen molar-refractivity contribution in [1.82, 2.24) is 4.90 Å². The number of hydrogen-bond acceptors (Lipinski definition) is 3. The fraction of sp³-hybridized carbons (Fsp3) is 0.500. The highest BCUT2D eigenvalue weighted by Crippen LogP contribution is 2.57. The molecule has 1 aromatic carbocycles. The molecule has 0 saturated heterocycles. The molecule has 0 radical (unpaired) electrons. The normalized spacial score (nSPS) is 25.4. The highest BCUT2D eigenvalue weighted by molar-refractivity contribution is 6.09. The van der Waals surface area contributed by atoms with Gasteiger partial charge in [0.2, 0.25) is 5.91 Å². The summed E-state index contributed by atoms with van der Waals surface area (Å²) < 4.78 is 0. The maximum Gasteiger partial charge on any atom is 0.260 e. The van der Waals surface area contributed by atoms with Crippen molar-refractivity contribution in [1.29, 1.82) is 0 Å². The third kappa shape index (κ3) is 1.95. The van der Waals surface area contributed by atoms with Gasteiger partial charge in [0.1, 0.15) is 0 Å². The van der Waals surface area contributed by atoms with Crippen LogP contribution >= 0.6 is 0 Å². The van der Waals surface area contributed by atoms with Gasteiger partial charge in [-0.15, -0.1) is 0 Å². The molecule has 0 aromatic heterocycles. The molecular weight excluding hydrogens is 254 g/mol. The maximum absolute atomic E-state index is 12.1. The number of likely N-dealkylation sites (N-methyl/N-ethyl adjacent to an activating group) is 1. The lowest BCUT2D eigenvalue weighted by atomic mass is 9.92. The zero-order valence-corrected chi connectivity index (χ0v) is 12.0. The van der Waals surface area contributed by atoms with E-state index in [2.05, 4.69) is 13.8 Å². The zero-order chi connectivity index (χ0) is 14.7. The Morgan fingerprint density at radius 3 is 2.60 bits per heavy atom. The molecule has 0 spiro atoms. The van der Waals surface area contributed by atoms with Gasteiger partial charge >= 0.3 is 0 Å². The molecule has 2 unspecified atom stereocenters. The topological polar surface area (TPSA) is 57.6 Å². The van der Waals surface area contributed by atoms with E-state index in [9.17, 15) is 14.7 Å². The Morgan fingerprint density at radius 1 is 1.35 bits per heavy atom. The van der Waals surface area contributed by atoms with Crippen LogP contribution in [0.2, 0.25) is 0 Å². The summed E-state index contributed by atoms with van der Waals surface area (Å²) in [6.07, 6.45) is 0.714.